The minimum Gasteiger partial charge on any atom is -0.495 e. The summed E-state index contributed by atoms with van der Waals surface area (Å²) >= 11 is 6.08. The minimum absolute atomic E-state index is 0.158. The molecule has 9 heteroatoms. The lowest BCUT2D eigenvalue weighted by Crippen LogP contribution is -2.43. The summed E-state index contributed by atoms with van der Waals surface area (Å²) in [4.78, 5) is 39.2. The highest BCUT2D eigenvalue weighted by molar-refractivity contribution is 6.31. The molecule has 0 aliphatic carbocycles. The molecule has 30 heavy (non-hydrogen) atoms. The van der Waals surface area contributed by atoms with Crippen LogP contribution in [0, 0.1) is 6.92 Å². The van der Waals surface area contributed by atoms with Gasteiger partial charge in [-0.2, -0.15) is 0 Å². The lowest BCUT2D eigenvalue weighted by Gasteiger charge is -2.24. The molecule has 1 N–H and O–H groups in total. The van der Waals surface area contributed by atoms with E-state index in [0.717, 1.165) is 5.56 Å². The summed E-state index contributed by atoms with van der Waals surface area (Å²) in [6.45, 7) is 3.68. The highest BCUT2D eigenvalue weighted by Crippen LogP contribution is 2.31. The number of likely N-dealkylation sites (tertiary alicyclic amines) is 1. The smallest absolute Gasteiger partial charge is 0.329 e. The van der Waals surface area contributed by atoms with Crippen molar-refractivity contribution < 1.29 is 28.3 Å². The van der Waals surface area contributed by atoms with E-state index in [0.29, 0.717) is 35.8 Å². The van der Waals surface area contributed by atoms with Gasteiger partial charge in [0.1, 0.15) is 11.8 Å². The zero-order chi connectivity index (χ0) is 21.8. The number of carbonyl (C=O) groups excluding carboxylic acids is 3. The number of carbonyl (C=O) groups is 3. The van der Waals surface area contributed by atoms with Crippen molar-refractivity contribution in [3.05, 3.63) is 46.9 Å². The van der Waals surface area contributed by atoms with Crippen molar-refractivity contribution in [2.75, 3.05) is 19.0 Å². The molecule has 0 saturated carbocycles. The Bertz CT molecular complexity index is 943. The number of benzene rings is 1. The number of amides is 2. The maximum Gasteiger partial charge on any atom is 0.329 e. The Morgan fingerprint density at radius 3 is 2.77 bits per heavy atom. The fourth-order valence-electron chi connectivity index (χ4n) is 3.27. The first-order chi connectivity index (χ1) is 14.3. The predicted octanol–water partition coefficient (Wildman–Crippen LogP) is 3.43. The van der Waals surface area contributed by atoms with E-state index in [9.17, 15) is 14.4 Å². The number of esters is 1. The number of methoxy groups -OCH3 is 1. The van der Waals surface area contributed by atoms with Crippen LogP contribution < -0.4 is 10.1 Å². The third-order valence-electron chi connectivity index (χ3n) is 4.92. The van der Waals surface area contributed by atoms with Crippen LogP contribution >= 0.6 is 11.6 Å². The average Bonchev–Trinajstić information content (AvgIpc) is 3.42. The van der Waals surface area contributed by atoms with Crippen molar-refractivity contribution in [2.24, 2.45) is 0 Å². The number of ether oxygens (including phenoxy) is 2. The second kappa shape index (κ2) is 9.21. The molecule has 1 aromatic carbocycles. The molecule has 3 rings (SSSR count). The quantitative estimate of drug-likeness (QED) is 0.699. The number of hydrogen-bond acceptors (Lipinski definition) is 6. The third-order valence-corrected chi connectivity index (χ3v) is 5.33. The van der Waals surface area contributed by atoms with E-state index in [2.05, 4.69) is 5.32 Å². The van der Waals surface area contributed by atoms with E-state index in [1.807, 2.05) is 0 Å². The van der Waals surface area contributed by atoms with Crippen molar-refractivity contribution in [3.63, 3.8) is 0 Å². The molecule has 1 aliphatic rings. The molecule has 2 unspecified atom stereocenters. The summed E-state index contributed by atoms with van der Waals surface area (Å²) < 4.78 is 15.7. The van der Waals surface area contributed by atoms with Crippen LogP contribution in [0.4, 0.5) is 5.69 Å². The molecule has 1 fully saturated rings. The molecule has 0 bridgehead atoms. The normalized spacial score (nSPS) is 16.8. The van der Waals surface area contributed by atoms with E-state index in [1.54, 1.807) is 31.2 Å². The number of nitrogens with one attached hydrogen (secondary N) is 1. The van der Waals surface area contributed by atoms with Gasteiger partial charge >= 0.3 is 5.97 Å². The number of furan rings is 1. The fraction of sp³-hybridized carbons (Fsp3) is 0.381. The molecule has 160 valence electrons. The summed E-state index contributed by atoms with van der Waals surface area (Å²) in [6, 6.07) is 5.66. The van der Waals surface area contributed by atoms with Gasteiger partial charge in [0.15, 0.2) is 11.9 Å². The third kappa shape index (κ3) is 4.59. The minimum atomic E-state index is -1.07. The highest BCUT2D eigenvalue weighted by atomic mass is 35.5. The zero-order valence-electron chi connectivity index (χ0n) is 16.9. The molecule has 2 heterocycles. The largest absolute Gasteiger partial charge is 0.495 e. The SMILES string of the molecule is COc1cc(Cl)c(C)cc1NC(=O)C(C)OC(=O)C1CCCN1C(=O)c1ccco1. The molecular formula is C21H23ClN2O6. The van der Waals surface area contributed by atoms with E-state index in [4.69, 9.17) is 25.5 Å². The standard InChI is InChI=1S/C21H23ClN2O6/c1-12-10-15(18(28-3)11-14(12)22)23-19(25)13(2)30-21(27)16-6-4-8-24(16)20(26)17-7-5-9-29-17/h5,7,9-11,13,16H,4,6,8H2,1-3H3,(H,23,25). The first-order valence-electron chi connectivity index (χ1n) is 9.51. The van der Waals surface area contributed by atoms with Crippen molar-refractivity contribution in [1.29, 1.82) is 0 Å². The van der Waals surface area contributed by atoms with Crippen LogP contribution in [0.25, 0.3) is 0 Å². The molecule has 0 radical (unpaired) electrons. The second-order valence-corrected chi connectivity index (χ2v) is 7.41. The lowest BCUT2D eigenvalue weighted by atomic mass is 10.2. The monoisotopic (exact) mass is 434 g/mol. The van der Waals surface area contributed by atoms with Crippen LogP contribution in [-0.4, -0.2) is 48.5 Å². The maximum atomic E-state index is 12.7. The summed E-state index contributed by atoms with van der Waals surface area (Å²) in [5.74, 6) is -0.980. The summed E-state index contributed by atoms with van der Waals surface area (Å²) in [5, 5.41) is 3.19. The van der Waals surface area contributed by atoms with Crippen molar-refractivity contribution in [1.82, 2.24) is 4.90 Å². The first kappa shape index (κ1) is 21.7. The first-order valence-corrected chi connectivity index (χ1v) is 9.89. The summed E-state index contributed by atoms with van der Waals surface area (Å²) in [7, 11) is 1.46. The van der Waals surface area contributed by atoms with Gasteiger partial charge in [0, 0.05) is 17.6 Å². The lowest BCUT2D eigenvalue weighted by molar-refractivity contribution is -0.156. The topological polar surface area (TPSA) is 98.1 Å². The van der Waals surface area contributed by atoms with Crippen molar-refractivity contribution in [2.45, 2.75) is 38.8 Å². The second-order valence-electron chi connectivity index (χ2n) is 7.00. The van der Waals surface area contributed by atoms with Crippen molar-refractivity contribution >= 4 is 35.1 Å². The zero-order valence-corrected chi connectivity index (χ0v) is 17.7. The van der Waals surface area contributed by atoms with Crippen LogP contribution in [0.1, 0.15) is 35.9 Å². The highest BCUT2D eigenvalue weighted by Gasteiger charge is 2.37. The number of rotatable bonds is 6. The van der Waals surface area contributed by atoms with Gasteiger partial charge in [0.05, 0.1) is 19.1 Å². The number of nitrogens with zero attached hydrogens (tertiary/aromatic N) is 1. The molecule has 2 aromatic rings. The molecule has 1 saturated heterocycles. The van der Waals surface area contributed by atoms with Crippen LogP contribution in [0.5, 0.6) is 5.75 Å². The Hall–Kier alpha value is -3.00. The number of hydrogen-bond donors (Lipinski definition) is 1. The Balaban J connectivity index is 1.64. The van der Waals surface area contributed by atoms with Gasteiger partial charge in [-0.15, -0.1) is 0 Å². The average molecular weight is 435 g/mol. The molecule has 0 spiro atoms. The van der Waals surface area contributed by atoms with E-state index < -0.39 is 24.0 Å². The van der Waals surface area contributed by atoms with E-state index in [-0.39, 0.29) is 11.7 Å². The maximum absolute atomic E-state index is 12.7. The molecule has 2 atom stereocenters. The van der Waals surface area contributed by atoms with Crippen LogP contribution in [0.2, 0.25) is 5.02 Å². The number of halogens is 1. The summed E-state index contributed by atoms with van der Waals surface area (Å²) in [5.41, 5.74) is 1.18. The fourth-order valence-corrected chi connectivity index (χ4v) is 3.42. The number of aryl methyl sites for hydroxylation is 1. The van der Waals surface area contributed by atoms with Gasteiger partial charge in [-0.3, -0.25) is 9.59 Å². The molecule has 1 aromatic heterocycles. The van der Waals surface area contributed by atoms with Gasteiger partial charge in [0.2, 0.25) is 0 Å². The summed E-state index contributed by atoms with van der Waals surface area (Å²) in [6.07, 6.45) is 1.45. The van der Waals surface area contributed by atoms with E-state index >= 15 is 0 Å². The van der Waals surface area contributed by atoms with Gasteiger partial charge < -0.3 is 24.1 Å². The van der Waals surface area contributed by atoms with Crippen LogP contribution in [0.3, 0.4) is 0 Å². The van der Waals surface area contributed by atoms with Gasteiger partial charge in [-0.05, 0) is 50.5 Å². The Morgan fingerprint density at radius 1 is 1.33 bits per heavy atom. The van der Waals surface area contributed by atoms with Crippen LogP contribution in [0.15, 0.2) is 34.9 Å². The molecule has 8 nitrogen and oxygen atoms in total. The van der Waals surface area contributed by atoms with Crippen molar-refractivity contribution in [3.8, 4) is 5.75 Å². The predicted molar refractivity (Wildman–Crippen MR) is 110 cm³/mol. The van der Waals surface area contributed by atoms with Crippen LogP contribution in [-0.2, 0) is 14.3 Å². The molecule has 2 amide bonds. The number of anilines is 1. The van der Waals surface area contributed by atoms with Gasteiger partial charge in [-0.25, -0.2) is 4.79 Å². The Labute approximate surface area is 179 Å². The van der Waals surface area contributed by atoms with Gasteiger partial charge in [0.25, 0.3) is 11.8 Å². The Morgan fingerprint density at radius 2 is 2.10 bits per heavy atom. The molecular weight excluding hydrogens is 412 g/mol. The Kier molecular flexibility index (Phi) is 6.66. The molecule has 1 aliphatic heterocycles. The van der Waals surface area contributed by atoms with Gasteiger partial charge in [-0.1, -0.05) is 11.6 Å². The van der Waals surface area contributed by atoms with E-state index in [1.165, 1.54) is 25.2 Å².